The molecule has 30 heavy (non-hydrogen) atoms. The number of ether oxygens (including phenoxy) is 1. The molecule has 1 aromatic heterocycles. The summed E-state index contributed by atoms with van der Waals surface area (Å²) in [5.74, 6) is -0.167. The lowest BCUT2D eigenvalue weighted by atomic mass is 9.71. The smallest absolute Gasteiger partial charge is 0.454 e. The Bertz CT molecular complexity index is 852. The summed E-state index contributed by atoms with van der Waals surface area (Å²) in [5, 5.41) is 30.0. The van der Waals surface area contributed by atoms with E-state index in [9.17, 15) is 20.0 Å². The number of aryl methyl sites for hydroxylation is 1. The molecular formula is C19H27BN4O6. The van der Waals surface area contributed by atoms with Crippen LogP contribution < -0.4 is 5.73 Å². The zero-order chi connectivity index (χ0) is 21.4. The third-order valence-corrected chi connectivity index (χ3v) is 5.92. The highest BCUT2D eigenvalue weighted by molar-refractivity contribution is 6.43. The number of carboxylic acid groups (broad SMARTS) is 1. The first-order valence-electron chi connectivity index (χ1n) is 10.2. The number of carboxylic acids is 1. The highest BCUT2D eigenvalue weighted by atomic mass is 16.5. The topological polar surface area (TPSA) is 154 Å². The number of carbonyl (C=O) groups is 1. The van der Waals surface area contributed by atoms with Crippen LogP contribution >= 0.6 is 0 Å². The number of hydrogen-bond acceptors (Lipinski definition) is 8. The van der Waals surface area contributed by atoms with Gasteiger partial charge in [0.05, 0.1) is 17.8 Å². The van der Waals surface area contributed by atoms with Crippen molar-refractivity contribution in [2.45, 2.75) is 50.6 Å². The minimum Gasteiger partial charge on any atom is -0.487 e. The van der Waals surface area contributed by atoms with Crippen molar-refractivity contribution in [3.8, 4) is 0 Å². The molecule has 0 bridgehead atoms. The molecule has 2 aliphatic heterocycles. The molecule has 4 atom stereocenters. The number of nitrogens with zero attached hydrogens (tertiary/aromatic N) is 2. The van der Waals surface area contributed by atoms with Crippen LogP contribution in [0.15, 0.2) is 29.7 Å². The van der Waals surface area contributed by atoms with Gasteiger partial charge in [-0.3, -0.25) is 4.90 Å². The van der Waals surface area contributed by atoms with Crippen molar-refractivity contribution in [3.05, 3.63) is 41.2 Å². The van der Waals surface area contributed by atoms with Crippen molar-refractivity contribution >= 4 is 13.1 Å². The Balaban J connectivity index is 1.38. The second-order valence-corrected chi connectivity index (χ2v) is 7.97. The predicted octanol–water partition coefficient (Wildman–Crippen LogP) is -0.215. The highest BCUT2D eigenvalue weighted by Gasteiger charge is 2.42. The van der Waals surface area contributed by atoms with Gasteiger partial charge in [-0.25, -0.2) is 9.78 Å². The first-order valence-corrected chi connectivity index (χ1v) is 10.2. The number of imidazole rings is 1. The Morgan fingerprint density at radius 3 is 2.97 bits per heavy atom. The first-order chi connectivity index (χ1) is 14.4. The number of aliphatic hydroxyl groups is 1. The lowest BCUT2D eigenvalue weighted by Crippen LogP contribution is -2.59. The van der Waals surface area contributed by atoms with Gasteiger partial charge in [0.1, 0.15) is 29.5 Å². The molecule has 162 valence electrons. The Labute approximate surface area is 174 Å². The molecule has 4 rings (SSSR count). The van der Waals surface area contributed by atoms with Gasteiger partial charge in [0.25, 0.3) is 0 Å². The molecule has 2 fully saturated rings. The molecule has 4 unspecified atom stereocenters. The van der Waals surface area contributed by atoms with Gasteiger partial charge in [0.2, 0.25) is 0 Å². The van der Waals surface area contributed by atoms with Crippen molar-refractivity contribution in [2.24, 2.45) is 11.7 Å². The van der Waals surface area contributed by atoms with Crippen molar-refractivity contribution in [1.82, 2.24) is 14.9 Å². The molecule has 3 heterocycles. The average molecular weight is 418 g/mol. The molecule has 1 aromatic rings. The molecule has 3 aliphatic rings. The summed E-state index contributed by atoms with van der Waals surface area (Å²) in [6.45, 7) is 2.79. The molecule has 0 radical (unpaired) electrons. The second kappa shape index (κ2) is 8.52. The molecule has 0 spiro atoms. The number of nitrogens with two attached hydrogens (primary N) is 1. The molecule has 0 aromatic carbocycles. The van der Waals surface area contributed by atoms with Gasteiger partial charge in [-0.1, -0.05) is 13.0 Å². The summed E-state index contributed by atoms with van der Waals surface area (Å²) in [7, 11) is -0.972. The first kappa shape index (κ1) is 21.1. The normalized spacial score (nSPS) is 26.9. The highest BCUT2D eigenvalue weighted by Crippen LogP contribution is 2.36. The van der Waals surface area contributed by atoms with E-state index in [1.165, 1.54) is 0 Å². The number of H-pyrrole nitrogens is 1. The van der Waals surface area contributed by atoms with Crippen molar-refractivity contribution < 1.29 is 29.4 Å². The van der Waals surface area contributed by atoms with E-state index in [2.05, 4.69) is 9.97 Å². The lowest BCUT2D eigenvalue weighted by molar-refractivity contribution is -0.135. The fourth-order valence-electron chi connectivity index (χ4n) is 4.13. The van der Waals surface area contributed by atoms with Crippen LogP contribution in [0.1, 0.15) is 30.9 Å². The molecule has 1 aliphatic carbocycles. The van der Waals surface area contributed by atoms with E-state index in [1.807, 2.05) is 13.0 Å². The molecule has 2 saturated heterocycles. The zero-order valence-electron chi connectivity index (χ0n) is 16.8. The van der Waals surface area contributed by atoms with Gasteiger partial charge < -0.3 is 35.3 Å². The monoisotopic (exact) mass is 418 g/mol. The Morgan fingerprint density at radius 1 is 1.53 bits per heavy atom. The number of aliphatic carboxylic acids is 1. The van der Waals surface area contributed by atoms with Gasteiger partial charge in [-0.05, 0) is 18.8 Å². The summed E-state index contributed by atoms with van der Waals surface area (Å²) < 4.78 is 11.4. The Kier molecular flexibility index (Phi) is 5.98. The molecule has 6 N–H and O–H groups in total. The van der Waals surface area contributed by atoms with Crippen LogP contribution in [0.4, 0.5) is 0 Å². The molecular weight excluding hydrogens is 391 g/mol. The van der Waals surface area contributed by atoms with E-state index < -0.39 is 31.5 Å². The molecule has 11 heteroatoms. The van der Waals surface area contributed by atoms with Gasteiger partial charge in [0, 0.05) is 31.6 Å². The maximum absolute atomic E-state index is 11.8. The Hall–Kier alpha value is -2.18. The number of aliphatic hydroxyl groups excluding tert-OH is 1. The minimum absolute atomic E-state index is 0.0292. The van der Waals surface area contributed by atoms with Crippen molar-refractivity contribution in [1.29, 1.82) is 0 Å². The van der Waals surface area contributed by atoms with Gasteiger partial charge in [0.15, 0.2) is 0 Å². The number of aromatic nitrogens is 2. The lowest BCUT2D eigenvalue weighted by Gasteiger charge is -2.44. The Morgan fingerprint density at radius 2 is 2.30 bits per heavy atom. The predicted molar refractivity (Wildman–Crippen MR) is 107 cm³/mol. The SMILES string of the molecule is CCc1ncc(C(N)C(O)N2CC(OC3=C(C(=O)O)C4OB(O)CCC4C=C3)C2)[nH]1. The van der Waals surface area contributed by atoms with Crippen molar-refractivity contribution in [3.63, 3.8) is 0 Å². The third kappa shape index (κ3) is 4.03. The van der Waals surface area contributed by atoms with Crippen LogP contribution in [0, 0.1) is 5.92 Å². The fraction of sp³-hybridized carbons (Fsp3) is 0.579. The zero-order valence-corrected chi connectivity index (χ0v) is 16.8. The number of aromatic amines is 1. The van der Waals surface area contributed by atoms with Crippen LogP contribution in [0.2, 0.25) is 6.32 Å². The number of allylic oxidation sites excluding steroid dienone is 1. The number of nitrogens with one attached hydrogen (secondary N) is 1. The minimum atomic E-state index is -1.12. The van der Waals surface area contributed by atoms with E-state index in [4.69, 9.17) is 15.1 Å². The van der Waals surface area contributed by atoms with Gasteiger partial charge in [-0.15, -0.1) is 0 Å². The van der Waals surface area contributed by atoms with Gasteiger partial charge >= 0.3 is 13.1 Å². The third-order valence-electron chi connectivity index (χ3n) is 5.92. The maximum atomic E-state index is 11.8. The van der Waals surface area contributed by atoms with Crippen LogP contribution in [0.3, 0.4) is 0 Å². The van der Waals surface area contributed by atoms with E-state index >= 15 is 0 Å². The van der Waals surface area contributed by atoms with Crippen LogP contribution in [0.5, 0.6) is 0 Å². The summed E-state index contributed by atoms with van der Waals surface area (Å²) in [6, 6.07) is -0.639. The van der Waals surface area contributed by atoms with Gasteiger partial charge in [-0.2, -0.15) is 0 Å². The van der Waals surface area contributed by atoms with E-state index in [-0.39, 0.29) is 23.4 Å². The van der Waals surface area contributed by atoms with Crippen LogP contribution in [0.25, 0.3) is 0 Å². The molecule has 0 saturated carbocycles. The number of hydrogen-bond donors (Lipinski definition) is 5. The van der Waals surface area contributed by atoms with Crippen molar-refractivity contribution in [2.75, 3.05) is 13.1 Å². The summed E-state index contributed by atoms with van der Waals surface area (Å²) in [5.41, 5.74) is 6.84. The summed E-state index contributed by atoms with van der Waals surface area (Å²) in [4.78, 5) is 20.9. The maximum Gasteiger partial charge on any atom is 0.454 e. The average Bonchev–Trinajstić information content (AvgIpc) is 3.17. The number of fused-ring (bicyclic) bond motifs is 1. The fourth-order valence-corrected chi connectivity index (χ4v) is 4.13. The van der Waals surface area contributed by atoms with E-state index in [0.717, 1.165) is 12.2 Å². The summed E-state index contributed by atoms with van der Waals surface area (Å²) >= 11 is 0. The number of rotatable bonds is 7. The summed E-state index contributed by atoms with van der Waals surface area (Å²) in [6.07, 6.45) is 5.14. The van der Waals surface area contributed by atoms with Crippen LogP contribution in [-0.4, -0.2) is 74.7 Å². The quantitative estimate of drug-likeness (QED) is 0.378. The van der Waals surface area contributed by atoms with E-state index in [0.29, 0.717) is 31.5 Å². The second-order valence-electron chi connectivity index (χ2n) is 7.97. The molecule has 10 nitrogen and oxygen atoms in total. The van der Waals surface area contributed by atoms with E-state index in [1.54, 1.807) is 17.2 Å². The molecule has 0 amide bonds. The number of likely N-dealkylation sites (tertiary alicyclic amines) is 1. The largest absolute Gasteiger partial charge is 0.487 e. The standard InChI is InChI=1S/C19H27BN4O6/c1-2-14-22-7-12(23-14)16(21)18(25)24-8-11(9-24)29-13-4-3-10-5-6-20(28)30-17(10)15(13)19(26)27/h3-4,7,10-11,16-18,25,28H,2,5-6,8-9,21H2,1H3,(H,22,23)(H,26,27). The van der Waals surface area contributed by atoms with Crippen LogP contribution in [-0.2, 0) is 20.6 Å².